The predicted molar refractivity (Wildman–Crippen MR) is 55.1 cm³/mol. The van der Waals surface area contributed by atoms with Gasteiger partial charge >= 0.3 is 5.97 Å². The van der Waals surface area contributed by atoms with Gasteiger partial charge in [0.1, 0.15) is 6.04 Å². The highest BCUT2D eigenvalue weighted by atomic mass is 35.5. The molecule has 0 aliphatic heterocycles. The summed E-state index contributed by atoms with van der Waals surface area (Å²) in [6, 6.07) is 0.607. The number of nitrogens with two attached hydrogens (primary N) is 1. The van der Waals surface area contributed by atoms with Crippen LogP contribution in [0.1, 0.15) is 5.56 Å². The Kier molecular flexibility index (Phi) is 3.88. The molecule has 0 aromatic carbocycles. The molecular weight excluding hydrogens is 220 g/mol. The van der Waals surface area contributed by atoms with Gasteiger partial charge in [-0.05, 0) is 6.07 Å². The van der Waals surface area contributed by atoms with E-state index in [0.29, 0.717) is 16.5 Å². The van der Waals surface area contributed by atoms with Gasteiger partial charge in [-0.1, -0.05) is 11.6 Å². The number of rotatable bonds is 4. The van der Waals surface area contributed by atoms with E-state index in [1.165, 1.54) is 13.3 Å². The fraction of sp³-hybridized carbons (Fsp3) is 0.333. The number of nitrogens with zero attached hydrogens (tertiary/aromatic N) is 1. The van der Waals surface area contributed by atoms with Gasteiger partial charge in [-0.15, -0.1) is 0 Å². The van der Waals surface area contributed by atoms with E-state index < -0.39 is 12.0 Å². The summed E-state index contributed by atoms with van der Waals surface area (Å²) in [7, 11) is 1.45. The van der Waals surface area contributed by atoms with Crippen molar-refractivity contribution in [2.24, 2.45) is 5.73 Å². The highest BCUT2D eigenvalue weighted by Gasteiger charge is 2.15. The first-order valence-electron chi connectivity index (χ1n) is 4.21. The number of aromatic nitrogens is 1. The Morgan fingerprint density at radius 3 is 3.00 bits per heavy atom. The predicted octanol–water partition coefficient (Wildman–Crippen LogP) is 0.698. The minimum Gasteiger partial charge on any atom is -0.481 e. The Labute approximate surface area is 91.8 Å². The molecule has 1 aromatic heterocycles. The van der Waals surface area contributed by atoms with Gasteiger partial charge in [0.05, 0.1) is 12.1 Å². The van der Waals surface area contributed by atoms with Crippen LogP contribution < -0.4 is 10.5 Å². The molecule has 1 heterocycles. The molecule has 6 heteroatoms. The van der Waals surface area contributed by atoms with Crippen molar-refractivity contribution >= 4 is 17.6 Å². The summed E-state index contributed by atoms with van der Waals surface area (Å²) in [5.74, 6) is -0.729. The van der Waals surface area contributed by atoms with Gasteiger partial charge in [0.15, 0.2) is 0 Å². The Morgan fingerprint density at radius 1 is 1.80 bits per heavy atom. The number of carboxylic acid groups (broad SMARTS) is 1. The Hall–Kier alpha value is -1.33. The number of pyridine rings is 1. The number of ether oxygens (including phenoxy) is 1. The van der Waals surface area contributed by atoms with Crippen molar-refractivity contribution in [3.05, 3.63) is 22.8 Å². The maximum absolute atomic E-state index is 10.6. The number of carbonyl (C=O) groups is 1. The van der Waals surface area contributed by atoms with Gasteiger partial charge in [-0.25, -0.2) is 4.98 Å². The molecule has 0 amide bonds. The topological polar surface area (TPSA) is 85.4 Å². The van der Waals surface area contributed by atoms with E-state index >= 15 is 0 Å². The van der Waals surface area contributed by atoms with Crippen LogP contribution in [0.4, 0.5) is 0 Å². The number of hydrogen-bond donors (Lipinski definition) is 2. The first-order chi connectivity index (χ1) is 7.04. The van der Waals surface area contributed by atoms with Crippen molar-refractivity contribution in [2.45, 2.75) is 12.5 Å². The SMILES string of the molecule is COc1ncc(Cl)cc1CC(N)C(=O)O. The van der Waals surface area contributed by atoms with Crippen LogP contribution >= 0.6 is 11.6 Å². The smallest absolute Gasteiger partial charge is 0.320 e. The number of hydrogen-bond acceptors (Lipinski definition) is 4. The number of aliphatic carboxylic acids is 1. The maximum atomic E-state index is 10.6. The highest BCUT2D eigenvalue weighted by molar-refractivity contribution is 6.30. The third kappa shape index (κ3) is 3.07. The van der Waals surface area contributed by atoms with Crippen LogP contribution in [-0.4, -0.2) is 29.2 Å². The fourth-order valence-corrected chi connectivity index (χ4v) is 1.30. The van der Waals surface area contributed by atoms with Gasteiger partial charge in [-0.2, -0.15) is 0 Å². The molecule has 0 saturated carbocycles. The van der Waals surface area contributed by atoms with Crippen LogP contribution in [0.2, 0.25) is 5.02 Å². The molecule has 1 atom stereocenters. The molecule has 82 valence electrons. The Morgan fingerprint density at radius 2 is 2.47 bits per heavy atom. The molecule has 1 aromatic rings. The lowest BCUT2D eigenvalue weighted by Gasteiger charge is -2.10. The first kappa shape index (κ1) is 11.7. The summed E-state index contributed by atoms with van der Waals surface area (Å²) in [4.78, 5) is 14.5. The highest BCUT2D eigenvalue weighted by Crippen LogP contribution is 2.20. The van der Waals surface area contributed by atoms with E-state index in [1.807, 2.05) is 0 Å². The van der Waals surface area contributed by atoms with Crippen molar-refractivity contribution in [2.75, 3.05) is 7.11 Å². The van der Waals surface area contributed by atoms with E-state index in [4.69, 9.17) is 27.2 Å². The molecule has 0 bridgehead atoms. The molecule has 1 unspecified atom stereocenters. The lowest BCUT2D eigenvalue weighted by Crippen LogP contribution is -2.32. The normalized spacial score (nSPS) is 12.2. The zero-order valence-electron chi connectivity index (χ0n) is 8.11. The minimum atomic E-state index is -1.07. The van der Waals surface area contributed by atoms with Crippen LogP contribution in [-0.2, 0) is 11.2 Å². The lowest BCUT2D eigenvalue weighted by molar-refractivity contribution is -0.138. The molecule has 0 aliphatic rings. The molecule has 0 spiro atoms. The molecule has 0 saturated heterocycles. The summed E-state index contributed by atoms with van der Waals surface area (Å²) >= 11 is 5.73. The third-order valence-electron chi connectivity index (χ3n) is 1.84. The van der Waals surface area contributed by atoms with Crippen LogP contribution in [0.5, 0.6) is 5.88 Å². The van der Waals surface area contributed by atoms with E-state index in [2.05, 4.69) is 4.98 Å². The van der Waals surface area contributed by atoms with Crippen LogP contribution in [0.3, 0.4) is 0 Å². The fourth-order valence-electron chi connectivity index (χ4n) is 1.12. The Bertz CT molecular complexity index is 370. The minimum absolute atomic E-state index is 0.131. The van der Waals surface area contributed by atoms with Gasteiger partial charge in [0.2, 0.25) is 5.88 Å². The number of halogens is 1. The average Bonchev–Trinajstić information content (AvgIpc) is 2.18. The molecule has 1 rings (SSSR count). The van der Waals surface area contributed by atoms with Crippen molar-refractivity contribution in [3.8, 4) is 5.88 Å². The molecule has 0 aliphatic carbocycles. The summed E-state index contributed by atoms with van der Waals surface area (Å²) in [6.45, 7) is 0. The molecule has 3 N–H and O–H groups in total. The molecular formula is C9H11ClN2O3. The first-order valence-corrected chi connectivity index (χ1v) is 4.59. The summed E-state index contributed by atoms with van der Waals surface area (Å²) in [5.41, 5.74) is 5.98. The zero-order valence-corrected chi connectivity index (χ0v) is 8.86. The molecule has 0 radical (unpaired) electrons. The molecule has 5 nitrogen and oxygen atoms in total. The Balaban J connectivity index is 2.91. The van der Waals surface area contributed by atoms with Gasteiger partial charge in [0.25, 0.3) is 0 Å². The van der Waals surface area contributed by atoms with E-state index in [9.17, 15) is 4.79 Å². The van der Waals surface area contributed by atoms with E-state index in [0.717, 1.165) is 0 Å². The van der Waals surface area contributed by atoms with Crippen molar-refractivity contribution in [1.29, 1.82) is 0 Å². The largest absolute Gasteiger partial charge is 0.481 e. The van der Waals surface area contributed by atoms with Gasteiger partial charge < -0.3 is 15.6 Å². The average molecular weight is 231 g/mol. The number of carboxylic acids is 1. The van der Waals surface area contributed by atoms with E-state index in [1.54, 1.807) is 6.07 Å². The summed E-state index contributed by atoms with van der Waals surface area (Å²) in [6.07, 6.45) is 1.56. The van der Waals surface area contributed by atoms with Crippen molar-refractivity contribution in [3.63, 3.8) is 0 Å². The number of methoxy groups -OCH3 is 1. The van der Waals surface area contributed by atoms with Crippen molar-refractivity contribution in [1.82, 2.24) is 4.98 Å². The van der Waals surface area contributed by atoms with Gasteiger partial charge in [-0.3, -0.25) is 4.79 Å². The third-order valence-corrected chi connectivity index (χ3v) is 2.05. The monoisotopic (exact) mass is 230 g/mol. The zero-order chi connectivity index (χ0) is 11.4. The summed E-state index contributed by atoms with van der Waals surface area (Å²) < 4.78 is 4.96. The second-order valence-electron chi connectivity index (χ2n) is 2.97. The quantitative estimate of drug-likeness (QED) is 0.795. The molecule has 15 heavy (non-hydrogen) atoms. The lowest BCUT2D eigenvalue weighted by atomic mass is 10.1. The van der Waals surface area contributed by atoms with Crippen LogP contribution in [0, 0.1) is 0 Å². The standard InChI is InChI=1S/C9H11ClN2O3/c1-15-8-5(2-6(10)4-12-8)3-7(11)9(13)14/h2,4,7H,3,11H2,1H3,(H,13,14). The maximum Gasteiger partial charge on any atom is 0.320 e. The van der Waals surface area contributed by atoms with E-state index in [-0.39, 0.29) is 6.42 Å². The second-order valence-corrected chi connectivity index (χ2v) is 3.41. The van der Waals surface area contributed by atoms with Crippen molar-refractivity contribution < 1.29 is 14.6 Å². The van der Waals surface area contributed by atoms with Crippen LogP contribution in [0.15, 0.2) is 12.3 Å². The molecule has 0 fully saturated rings. The summed E-state index contributed by atoms with van der Waals surface area (Å²) in [5, 5.41) is 9.08. The van der Waals surface area contributed by atoms with Gasteiger partial charge in [0, 0.05) is 18.2 Å². The van der Waals surface area contributed by atoms with Crippen LogP contribution in [0.25, 0.3) is 0 Å². The second kappa shape index (κ2) is 4.95.